The van der Waals surface area contributed by atoms with E-state index >= 15 is 0 Å². The number of hydrogen-bond donors (Lipinski definition) is 0. The molecule has 0 radical (unpaired) electrons. The molecule has 0 aromatic heterocycles. The molecule has 0 atom stereocenters. The molecule has 0 aliphatic carbocycles. The minimum absolute atomic E-state index is 0.0688. The SMILES string of the molecule is CN1C(=O)C(=Cc2cc(Br)c(OCc3ccccc3)c(I)c2)C(=O)N(C)C1=S. The van der Waals surface area contributed by atoms with E-state index in [1.165, 1.54) is 9.80 Å². The molecule has 1 aliphatic heterocycles. The van der Waals surface area contributed by atoms with Gasteiger partial charge in [-0.3, -0.25) is 19.4 Å². The number of nitrogens with zero attached hydrogens (tertiary/aromatic N) is 2. The number of carbonyl (C=O) groups is 2. The largest absolute Gasteiger partial charge is 0.487 e. The van der Waals surface area contributed by atoms with Crippen LogP contribution in [-0.4, -0.2) is 40.8 Å². The third-order valence-electron chi connectivity index (χ3n) is 4.20. The third-order valence-corrected chi connectivity index (χ3v) is 6.14. The van der Waals surface area contributed by atoms with Gasteiger partial charge in [0.2, 0.25) is 0 Å². The Labute approximate surface area is 190 Å². The van der Waals surface area contributed by atoms with Gasteiger partial charge in [-0.1, -0.05) is 30.3 Å². The van der Waals surface area contributed by atoms with E-state index in [-0.39, 0.29) is 10.7 Å². The summed E-state index contributed by atoms with van der Waals surface area (Å²) in [6.07, 6.45) is 1.58. The van der Waals surface area contributed by atoms with E-state index < -0.39 is 11.8 Å². The van der Waals surface area contributed by atoms with Crippen LogP contribution in [0.15, 0.2) is 52.5 Å². The molecule has 1 aliphatic rings. The predicted octanol–water partition coefficient (Wildman–Crippen LogP) is 4.23. The Balaban J connectivity index is 1.88. The quantitative estimate of drug-likeness (QED) is 0.239. The molecule has 0 bridgehead atoms. The van der Waals surface area contributed by atoms with Gasteiger partial charge in [-0.2, -0.15) is 0 Å². The molecule has 1 saturated heterocycles. The highest BCUT2D eigenvalue weighted by molar-refractivity contribution is 14.1. The van der Waals surface area contributed by atoms with Crippen LogP contribution in [0.3, 0.4) is 0 Å². The van der Waals surface area contributed by atoms with E-state index in [1.807, 2.05) is 42.5 Å². The molecule has 2 amide bonds. The van der Waals surface area contributed by atoms with Crippen molar-refractivity contribution in [3.8, 4) is 5.75 Å². The maximum atomic E-state index is 12.5. The Bertz CT molecular complexity index is 945. The van der Waals surface area contributed by atoms with Crippen molar-refractivity contribution >= 4 is 73.7 Å². The molecule has 0 unspecified atom stereocenters. The van der Waals surface area contributed by atoms with Crippen LogP contribution in [0.5, 0.6) is 5.75 Å². The molecule has 5 nitrogen and oxygen atoms in total. The highest BCUT2D eigenvalue weighted by Crippen LogP contribution is 2.33. The first-order chi connectivity index (χ1) is 13.3. The molecule has 0 saturated carbocycles. The zero-order chi connectivity index (χ0) is 20.4. The van der Waals surface area contributed by atoms with Gasteiger partial charge in [0.25, 0.3) is 11.8 Å². The number of rotatable bonds is 4. The second-order valence-corrected chi connectivity index (χ2v) is 8.54. The summed E-state index contributed by atoms with van der Waals surface area (Å²) in [6.45, 7) is 0.444. The molecule has 1 fully saturated rings. The molecule has 0 N–H and O–H groups in total. The van der Waals surface area contributed by atoms with E-state index in [9.17, 15) is 9.59 Å². The lowest BCUT2D eigenvalue weighted by Crippen LogP contribution is -2.52. The maximum Gasteiger partial charge on any atom is 0.265 e. The number of hydrogen-bond acceptors (Lipinski definition) is 4. The number of amides is 2. The van der Waals surface area contributed by atoms with Gasteiger partial charge in [0.05, 0.1) is 8.04 Å². The standard InChI is InChI=1S/C20H16BrIN2O3S/c1-23-18(25)14(19(26)24(2)20(23)28)8-13-9-15(21)17(16(22)10-13)27-11-12-6-4-3-5-7-12/h3-10H,11H2,1-2H3. The van der Waals surface area contributed by atoms with Crippen LogP contribution in [0.4, 0.5) is 0 Å². The van der Waals surface area contributed by atoms with Crippen molar-refractivity contribution in [2.24, 2.45) is 0 Å². The molecule has 1 heterocycles. The van der Waals surface area contributed by atoms with Gasteiger partial charge in [-0.15, -0.1) is 0 Å². The van der Waals surface area contributed by atoms with Crippen molar-refractivity contribution in [1.82, 2.24) is 9.80 Å². The van der Waals surface area contributed by atoms with Crippen LogP contribution < -0.4 is 4.74 Å². The van der Waals surface area contributed by atoms with Gasteiger partial charge in [0.15, 0.2) is 5.11 Å². The number of thiocarbonyl (C=S) groups is 1. The van der Waals surface area contributed by atoms with Crippen molar-refractivity contribution < 1.29 is 14.3 Å². The lowest BCUT2D eigenvalue weighted by atomic mass is 10.1. The van der Waals surface area contributed by atoms with Crippen molar-refractivity contribution in [3.63, 3.8) is 0 Å². The lowest BCUT2D eigenvalue weighted by Gasteiger charge is -2.31. The van der Waals surface area contributed by atoms with Gasteiger partial charge in [-0.25, -0.2) is 0 Å². The summed E-state index contributed by atoms with van der Waals surface area (Å²) < 4.78 is 7.56. The summed E-state index contributed by atoms with van der Waals surface area (Å²) in [5.74, 6) is -0.115. The van der Waals surface area contributed by atoms with Crippen LogP contribution in [0.25, 0.3) is 6.08 Å². The smallest absolute Gasteiger partial charge is 0.265 e. The molecule has 144 valence electrons. The summed E-state index contributed by atoms with van der Waals surface area (Å²) in [6, 6.07) is 13.6. The summed E-state index contributed by atoms with van der Waals surface area (Å²) in [7, 11) is 3.11. The molecule has 2 aromatic rings. The summed E-state index contributed by atoms with van der Waals surface area (Å²) in [5.41, 5.74) is 1.85. The molecule has 2 aromatic carbocycles. The summed E-state index contributed by atoms with van der Waals surface area (Å²) in [5, 5.41) is 0.188. The molecule has 8 heteroatoms. The van der Waals surface area contributed by atoms with Gasteiger partial charge >= 0.3 is 0 Å². The third kappa shape index (κ3) is 4.28. The van der Waals surface area contributed by atoms with E-state index in [4.69, 9.17) is 17.0 Å². The highest BCUT2D eigenvalue weighted by atomic mass is 127. The number of carbonyl (C=O) groups excluding carboxylic acids is 2. The zero-order valence-corrected chi connectivity index (χ0v) is 19.7. The summed E-state index contributed by atoms with van der Waals surface area (Å²) in [4.78, 5) is 27.5. The fourth-order valence-electron chi connectivity index (χ4n) is 2.67. The van der Waals surface area contributed by atoms with Gasteiger partial charge < -0.3 is 4.74 Å². The van der Waals surface area contributed by atoms with Crippen LogP contribution in [0.1, 0.15) is 11.1 Å². The zero-order valence-electron chi connectivity index (χ0n) is 15.1. The Morgan fingerprint density at radius 1 is 1.11 bits per heavy atom. The Hall–Kier alpha value is -1.78. The number of likely N-dealkylation sites (N-methyl/N-ethyl adjacent to an activating group) is 2. The average Bonchev–Trinajstić information content (AvgIpc) is 2.68. The number of halogens is 2. The van der Waals surface area contributed by atoms with Crippen LogP contribution in [0, 0.1) is 3.57 Å². The first-order valence-electron chi connectivity index (χ1n) is 8.27. The normalized spacial score (nSPS) is 14.6. The second kappa shape index (κ2) is 8.71. The second-order valence-electron chi connectivity index (χ2n) is 6.16. The Kier molecular flexibility index (Phi) is 6.51. The minimum Gasteiger partial charge on any atom is -0.487 e. The van der Waals surface area contributed by atoms with Gasteiger partial charge in [0.1, 0.15) is 17.9 Å². The molecule has 3 rings (SSSR count). The van der Waals surface area contributed by atoms with Crippen molar-refractivity contribution in [2.45, 2.75) is 6.61 Å². The molecular formula is C20H16BrIN2O3S. The fourth-order valence-corrected chi connectivity index (χ4v) is 4.61. The van der Waals surface area contributed by atoms with Gasteiger partial charge in [0, 0.05) is 14.1 Å². The maximum absolute atomic E-state index is 12.5. The molecule has 0 spiro atoms. The average molecular weight is 571 g/mol. The molecular weight excluding hydrogens is 555 g/mol. The fraction of sp³-hybridized carbons (Fsp3) is 0.150. The summed E-state index contributed by atoms with van der Waals surface area (Å²) >= 11 is 10.8. The van der Waals surface area contributed by atoms with E-state index in [0.717, 1.165) is 19.2 Å². The number of benzene rings is 2. The van der Waals surface area contributed by atoms with Crippen molar-refractivity contribution in [1.29, 1.82) is 0 Å². The monoisotopic (exact) mass is 570 g/mol. The Morgan fingerprint density at radius 2 is 1.71 bits per heavy atom. The van der Waals surface area contributed by atoms with Gasteiger partial charge in [-0.05, 0) is 80.1 Å². The minimum atomic E-state index is -0.413. The Morgan fingerprint density at radius 3 is 2.29 bits per heavy atom. The predicted molar refractivity (Wildman–Crippen MR) is 124 cm³/mol. The molecule has 28 heavy (non-hydrogen) atoms. The first kappa shape index (κ1) is 20.9. The van der Waals surface area contributed by atoms with E-state index in [1.54, 1.807) is 20.2 Å². The first-order valence-corrected chi connectivity index (χ1v) is 10.5. The van der Waals surface area contributed by atoms with Crippen molar-refractivity contribution in [2.75, 3.05) is 14.1 Å². The van der Waals surface area contributed by atoms with Crippen LogP contribution >= 0.6 is 50.7 Å². The van der Waals surface area contributed by atoms with Crippen LogP contribution in [-0.2, 0) is 16.2 Å². The van der Waals surface area contributed by atoms with E-state index in [0.29, 0.717) is 12.4 Å². The number of ether oxygens (including phenoxy) is 1. The lowest BCUT2D eigenvalue weighted by molar-refractivity contribution is -0.132. The van der Waals surface area contributed by atoms with Crippen molar-refractivity contribution in [3.05, 3.63) is 67.2 Å². The highest BCUT2D eigenvalue weighted by Gasteiger charge is 2.35. The van der Waals surface area contributed by atoms with E-state index in [2.05, 4.69) is 38.5 Å². The van der Waals surface area contributed by atoms with Crippen LogP contribution in [0.2, 0.25) is 0 Å². The topological polar surface area (TPSA) is 49.9 Å².